The van der Waals surface area contributed by atoms with Crippen molar-refractivity contribution in [2.75, 3.05) is 53.3 Å². The monoisotopic (exact) mass is 836 g/mol. The molecule has 0 aromatic heterocycles. The van der Waals surface area contributed by atoms with Crippen LogP contribution >= 0.6 is 0 Å². The first kappa shape index (κ1) is 42.7. The molecule has 0 spiro atoms. The topological polar surface area (TPSA) is 277 Å². The summed E-state index contributed by atoms with van der Waals surface area (Å²) in [4.78, 5) is 51.8. The van der Waals surface area contributed by atoms with Crippen LogP contribution in [0.1, 0.15) is 0 Å². The fourth-order valence-electron chi connectivity index (χ4n) is 5.67. The number of nitrogens with one attached hydrogen (secondary N) is 2. The average Bonchev–Trinajstić information content (AvgIpc) is 3.20. The van der Waals surface area contributed by atoms with Gasteiger partial charge < -0.3 is 39.1 Å². The minimum atomic E-state index is -1.48. The lowest BCUT2D eigenvalue weighted by atomic mass is 10.0. The van der Waals surface area contributed by atoms with Crippen molar-refractivity contribution in [2.45, 2.75) is 0 Å². The van der Waals surface area contributed by atoms with Gasteiger partial charge in [-0.05, 0) is 12.2 Å². The summed E-state index contributed by atoms with van der Waals surface area (Å²) in [7, 11) is 8.10. The number of nitro groups is 4. The summed E-state index contributed by atoms with van der Waals surface area (Å²) in [6.45, 7) is 0. The van der Waals surface area contributed by atoms with Gasteiger partial charge in [0.2, 0.25) is 23.1 Å². The van der Waals surface area contributed by atoms with E-state index in [1.807, 2.05) is 0 Å². The Morgan fingerprint density at radius 1 is 0.500 bits per heavy atom. The highest BCUT2D eigenvalue weighted by Crippen LogP contribution is 2.43. The summed E-state index contributed by atoms with van der Waals surface area (Å²) in [6.07, 6.45) is 2.39. The lowest BCUT2D eigenvalue weighted by Gasteiger charge is -2.22. The first-order valence-corrected chi connectivity index (χ1v) is 16.6. The SMILES string of the molecule is COc1cc(N=C2C=C(Nc3cc(OC)c(OC)c(OC)c3)C(=Nc3cc(F)c([N+](=O)[O-])cc3[N+](=O)[O-])C=C2Nc2cc(F)c([N+](=O)[O-])cc2[N+](=O)[O-])cc(OC)c1OC. The van der Waals surface area contributed by atoms with Crippen LogP contribution < -0.4 is 39.1 Å². The van der Waals surface area contributed by atoms with Gasteiger partial charge in [-0.2, -0.15) is 8.78 Å². The number of nitrogens with zero attached hydrogens (tertiary/aromatic N) is 6. The van der Waals surface area contributed by atoms with Gasteiger partial charge in [-0.1, -0.05) is 0 Å². The number of anilines is 2. The first-order valence-electron chi connectivity index (χ1n) is 16.6. The lowest BCUT2D eigenvalue weighted by molar-refractivity contribution is -0.395. The highest BCUT2D eigenvalue weighted by molar-refractivity contribution is 6.26. The van der Waals surface area contributed by atoms with E-state index in [2.05, 4.69) is 20.6 Å². The van der Waals surface area contributed by atoms with E-state index in [0.29, 0.717) is 24.3 Å². The molecule has 4 aromatic carbocycles. The molecule has 0 amide bonds. The number of ether oxygens (including phenoxy) is 6. The van der Waals surface area contributed by atoms with Gasteiger partial charge in [0.15, 0.2) is 23.0 Å². The highest BCUT2D eigenvalue weighted by atomic mass is 19.1. The van der Waals surface area contributed by atoms with E-state index in [1.54, 1.807) is 0 Å². The Morgan fingerprint density at radius 3 is 1.37 bits per heavy atom. The molecule has 0 radical (unpaired) electrons. The molecule has 0 fully saturated rings. The number of methoxy groups -OCH3 is 6. The molecule has 60 heavy (non-hydrogen) atoms. The molecule has 0 aliphatic heterocycles. The normalized spacial score (nSPS) is 13.5. The van der Waals surface area contributed by atoms with E-state index in [0.717, 1.165) is 6.08 Å². The first-order chi connectivity index (χ1) is 28.6. The number of aliphatic imine (C=N–C) groups is 2. The van der Waals surface area contributed by atoms with Crippen molar-refractivity contribution >= 4 is 56.9 Å². The Hall–Kier alpha value is -8.44. The van der Waals surface area contributed by atoms with E-state index in [1.165, 1.54) is 73.0 Å². The standard InChI is InChI=1S/C36H30F2N8O14/c1-55-31-7-17(8-32(56-2)35(31)59-5)39-21-13-22(40-18-9-33(57-3)36(60-6)34(10-18)58-4)24(42-26-12-20(38)28(44(49)50)16-30(26)46(53)54)14-23(21)41-25-11-19(37)27(43(47)48)15-29(25)45(51)52/h7-16,39,42H,1-6H3. The summed E-state index contributed by atoms with van der Waals surface area (Å²) in [5.41, 5.74) is -6.15. The molecule has 1 aliphatic rings. The summed E-state index contributed by atoms with van der Waals surface area (Å²) in [5, 5.41) is 52.9. The minimum Gasteiger partial charge on any atom is -0.493 e. The summed E-state index contributed by atoms with van der Waals surface area (Å²) < 4.78 is 62.7. The molecule has 24 heteroatoms. The third-order valence-corrected chi connectivity index (χ3v) is 8.36. The quantitative estimate of drug-likeness (QED) is 0.0627. The predicted octanol–water partition coefficient (Wildman–Crippen LogP) is 7.50. The number of benzene rings is 4. The maximum Gasteiger partial charge on any atom is 0.311 e. The molecule has 0 heterocycles. The van der Waals surface area contributed by atoms with Crippen molar-refractivity contribution in [3.8, 4) is 34.5 Å². The van der Waals surface area contributed by atoms with Crippen LogP contribution in [-0.2, 0) is 0 Å². The van der Waals surface area contributed by atoms with Crippen LogP contribution in [0.2, 0.25) is 0 Å². The van der Waals surface area contributed by atoms with Crippen LogP contribution in [0.5, 0.6) is 34.5 Å². The molecule has 5 rings (SSSR count). The van der Waals surface area contributed by atoms with Crippen molar-refractivity contribution in [3.05, 3.63) is 124 Å². The number of hydrogen-bond donors (Lipinski definition) is 2. The van der Waals surface area contributed by atoms with Crippen LogP contribution in [0.15, 0.2) is 82.1 Å². The van der Waals surface area contributed by atoms with Crippen molar-refractivity contribution in [1.29, 1.82) is 0 Å². The molecule has 4 aromatic rings. The maximum atomic E-state index is 15.1. The van der Waals surface area contributed by atoms with E-state index in [9.17, 15) is 40.5 Å². The van der Waals surface area contributed by atoms with Gasteiger partial charge >= 0.3 is 17.1 Å². The van der Waals surface area contributed by atoms with Crippen LogP contribution in [-0.4, -0.2) is 73.8 Å². The van der Waals surface area contributed by atoms with Gasteiger partial charge in [0.1, 0.15) is 11.4 Å². The fourth-order valence-corrected chi connectivity index (χ4v) is 5.67. The lowest BCUT2D eigenvalue weighted by Crippen LogP contribution is -2.23. The second-order valence-electron chi connectivity index (χ2n) is 11.8. The number of rotatable bonds is 16. The maximum absolute atomic E-state index is 15.1. The van der Waals surface area contributed by atoms with Crippen LogP contribution in [0.4, 0.5) is 54.3 Å². The van der Waals surface area contributed by atoms with Gasteiger partial charge in [0.25, 0.3) is 5.69 Å². The zero-order chi connectivity index (χ0) is 44.0. The molecule has 2 N–H and O–H groups in total. The van der Waals surface area contributed by atoms with E-state index in [4.69, 9.17) is 28.4 Å². The molecule has 1 aliphatic carbocycles. The van der Waals surface area contributed by atoms with Gasteiger partial charge in [0, 0.05) is 42.1 Å². The Balaban J connectivity index is 1.86. The second kappa shape index (κ2) is 17.8. The van der Waals surface area contributed by atoms with Gasteiger partial charge in [0.05, 0.1) is 103 Å². The van der Waals surface area contributed by atoms with Crippen molar-refractivity contribution in [3.63, 3.8) is 0 Å². The van der Waals surface area contributed by atoms with Gasteiger partial charge in [-0.15, -0.1) is 0 Å². The third-order valence-electron chi connectivity index (χ3n) is 8.36. The van der Waals surface area contributed by atoms with Crippen molar-refractivity contribution < 1.29 is 56.9 Å². The molecule has 312 valence electrons. The Bertz CT molecular complexity index is 2530. The fraction of sp³-hybridized carbons (Fsp3) is 0.167. The van der Waals surface area contributed by atoms with Crippen LogP contribution in [0, 0.1) is 52.1 Å². The number of hydrogen-bond acceptors (Lipinski definition) is 18. The predicted molar refractivity (Wildman–Crippen MR) is 209 cm³/mol. The van der Waals surface area contributed by atoms with Crippen molar-refractivity contribution in [2.24, 2.45) is 9.98 Å². The molecule has 0 unspecified atom stereocenters. The van der Waals surface area contributed by atoms with E-state index in [-0.39, 0.29) is 68.7 Å². The van der Waals surface area contributed by atoms with Crippen molar-refractivity contribution in [1.82, 2.24) is 0 Å². The Morgan fingerprint density at radius 2 is 0.917 bits per heavy atom. The smallest absolute Gasteiger partial charge is 0.311 e. The highest BCUT2D eigenvalue weighted by Gasteiger charge is 2.30. The number of nitro benzene ring substituents is 4. The molecule has 0 bridgehead atoms. The second-order valence-corrected chi connectivity index (χ2v) is 11.8. The number of allylic oxidation sites excluding steroid dienone is 2. The third kappa shape index (κ3) is 8.75. The van der Waals surface area contributed by atoms with E-state index < -0.39 is 65.5 Å². The van der Waals surface area contributed by atoms with Crippen LogP contribution in [0.25, 0.3) is 0 Å². The zero-order valence-corrected chi connectivity index (χ0v) is 31.9. The summed E-state index contributed by atoms with van der Waals surface area (Å²) >= 11 is 0. The Kier molecular flexibility index (Phi) is 12.7. The Labute approximate surface area is 335 Å². The zero-order valence-electron chi connectivity index (χ0n) is 31.9. The molecular formula is C36H30F2N8O14. The molecule has 0 atom stereocenters. The molecule has 0 saturated carbocycles. The molecule has 22 nitrogen and oxygen atoms in total. The summed E-state index contributed by atoms with van der Waals surface area (Å²) in [5.74, 6) is -1.93. The van der Waals surface area contributed by atoms with Gasteiger partial charge in [-0.3, -0.25) is 40.5 Å². The minimum absolute atomic E-state index is 0.0709. The summed E-state index contributed by atoms with van der Waals surface area (Å²) in [6, 6.07) is 7.49. The van der Waals surface area contributed by atoms with Crippen LogP contribution in [0.3, 0.4) is 0 Å². The number of halogens is 2. The van der Waals surface area contributed by atoms with E-state index >= 15 is 8.78 Å². The van der Waals surface area contributed by atoms with Gasteiger partial charge in [-0.25, -0.2) is 9.98 Å². The average molecular weight is 837 g/mol. The molecular weight excluding hydrogens is 806 g/mol. The molecule has 0 saturated heterocycles. The largest absolute Gasteiger partial charge is 0.493 e.